The lowest BCUT2D eigenvalue weighted by atomic mass is 10.1. The van der Waals surface area contributed by atoms with Crippen LogP contribution in [0.1, 0.15) is 31.4 Å². The molecule has 4 nitrogen and oxygen atoms in total. The van der Waals surface area contributed by atoms with Crippen LogP contribution in [0.5, 0.6) is 0 Å². The molecule has 0 aliphatic carbocycles. The van der Waals surface area contributed by atoms with Gasteiger partial charge in [0.2, 0.25) is 0 Å². The van der Waals surface area contributed by atoms with E-state index in [1.54, 1.807) is 6.20 Å². The van der Waals surface area contributed by atoms with E-state index in [1.165, 1.54) is 5.56 Å². The Hall–Kier alpha value is -1.91. The van der Waals surface area contributed by atoms with Crippen LogP contribution in [-0.2, 0) is 0 Å². The average Bonchev–Trinajstić information content (AvgIpc) is 3.05. The van der Waals surface area contributed by atoms with E-state index in [-0.39, 0.29) is 12.1 Å². The van der Waals surface area contributed by atoms with Crippen LogP contribution in [0.2, 0.25) is 0 Å². The molecular formula is C17H23N3O. The Balaban J connectivity index is 1.95. The molecule has 0 spiro atoms. The molecular weight excluding hydrogens is 262 g/mol. The number of aliphatic hydroxyl groups excluding tert-OH is 1. The number of aliphatic hydroxyl groups is 1. The quantitative estimate of drug-likeness (QED) is 0.733. The van der Waals surface area contributed by atoms with Crippen LogP contribution in [-0.4, -0.2) is 27.5 Å². The highest BCUT2D eigenvalue weighted by molar-refractivity contribution is 5.36. The van der Waals surface area contributed by atoms with Crippen molar-refractivity contribution in [3.05, 3.63) is 60.9 Å². The van der Waals surface area contributed by atoms with Crippen molar-refractivity contribution in [1.29, 1.82) is 0 Å². The van der Waals surface area contributed by atoms with Gasteiger partial charge in [0.15, 0.2) is 0 Å². The van der Waals surface area contributed by atoms with Crippen molar-refractivity contribution in [2.45, 2.75) is 31.9 Å². The van der Waals surface area contributed by atoms with Crippen molar-refractivity contribution in [3.63, 3.8) is 0 Å². The maximum Gasteiger partial charge on any atom is 0.0667 e. The highest BCUT2D eigenvalue weighted by atomic mass is 16.3. The van der Waals surface area contributed by atoms with Gasteiger partial charge in [-0.15, -0.1) is 6.58 Å². The Kier molecular flexibility index (Phi) is 5.72. The molecule has 0 radical (unpaired) electrons. The summed E-state index contributed by atoms with van der Waals surface area (Å²) in [4.78, 5) is 0. The summed E-state index contributed by atoms with van der Waals surface area (Å²) in [5.74, 6) is 0. The molecule has 4 heteroatoms. The predicted molar refractivity (Wildman–Crippen MR) is 85.4 cm³/mol. The van der Waals surface area contributed by atoms with E-state index in [9.17, 15) is 5.11 Å². The number of rotatable bonds is 8. The fourth-order valence-corrected chi connectivity index (χ4v) is 2.20. The summed E-state index contributed by atoms with van der Waals surface area (Å²) < 4.78 is 1.84. The Labute approximate surface area is 126 Å². The van der Waals surface area contributed by atoms with Crippen molar-refractivity contribution in [2.24, 2.45) is 0 Å². The zero-order chi connectivity index (χ0) is 15.1. The van der Waals surface area contributed by atoms with Gasteiger partial charge in [-0.05, 0) is 43.5 Å². The highest BCUT2D eigenvalue weighted by Gasteiger charge is 2.09. The number of benzene rings is 1. The Morgan fingerprint density at radius 3 is 3.00 bits per heavy atom. The lowest BCUT2D eigenvalue weighted by molar-refractivity contribution is 0.159. The monoisotopic (exact) mass is 285 g/mol. The number of nitrogens with zero attached hydrogens (tertiary/aromatic N) is 2. The van der Waals surface area contributed by atoms with E-state index >= 15 is 0 Å². The standard InChI is InChI=1S/C17H23N3O/c1-3-4-9-17(21)13-18-14(2)15-7-5-8-16(12-15)20-11-6-10-19-20/h3,5-8,10-12,14,17-18,21H,1,4,9,13H2,2H3. The molecule has 1 aromatic carbocycles. The molecule has 21 heavy (non-hydrogen) atoms. The summed E-state index contributed by atoms with van der Waals surface area (Å²) in [5, 5.41) is 17.5. The molecule has 0 aliphatic heterocycles. The van der Waals surface area contributed by atoms with Crippen molar-refractivity contribution in [1.82, 2.24) is 15.1 Å². The highest BCUT2D eigenvalue weighted by Crippen LogP contribution is 2.16. The van der Waals surface area contributed by atoms with Crippen molar-refractivity contribution in [2.75, 3.05) is 6.54 Å². The summed E-state index contributed by atoms with van der Waals surface area (Å²) in [6.07, 6.45) is 6.78. The maximum atomic E-state index is 9.86. The van der Waals surface area contributed by atoms with Gasteiger partial charge in [-0.3, -0.25) is 0 Å². The van der Waals surface area contributed by atoms with Gasteiger partial charge in [0, 0.05) is 25.0 Å². The van der Waals surface area contributed by atoms with Crippen LogP contribution in [0.25, 0.3) is 5.69 Å². The summed E-state index contributed by atoms with van der Waals surface area (Å²) in [6, 6.07) is 10.3. The fraction of sp³-hybridized carbons (Fsp3) is 0.353. The van der Waals surface area contributed by atoms with E-state index in [1.807, 2.05) is 35.2 Å². The van der Waals surface area contributed by atoms with Gasteiger partial charge < -0.3 is 10.4 Å². The third-order valence-corrected chi connectivity index (χ3v) is 3.50. The first-order valence-electron chi connectivity index (χ1n) is 7.33. The molecule has 2 unspecified atom stereocenters. The summed E-state index contributed by atoms with van der Waals surface area (Å²) in [7, 11) is 0. The molecule has 1 aromatic heterocycles. The van der Waals surface area contributed by atoms with E-state index in [2.05, 4.69) is 36.1 Å². The molecule has 0 bridgehead atoms. The van der Waals surface area contributed by atoms with Crippen molar-refractivity contribution < 1.29 is 5.11 Å². The van der Waals surface area contributed by atoms with Gasteiger partial charge in [-0.2, -0.15) is 5.10 Å². The maximum absolute atomic E-state index is 9.86. The van der Waals surface area contributed by atoms with E-state index < -0.39 is 0 Å². The van der Waals surface area contributed by atoms with E-state index in [0.717, 1.165) is 18.5 Å². The van der Waals surface area contributed by atoms with E-state index in [4.69, 9.17) is 0 Å². The lowest BCUT2D eigenvalue weighted by Gasteiger charge is -2.18. The minimum Gasteiger partial charge on any atom is -0.392 e. The molecule has 1 heterocycles. The van der Waals surface area contributed by atoms with Crippen LogP contribution < -0.4 is 5.32 Å². The molecule has 0 aliphatic rings. The van der Waals surface area contributed by atoms with Gasteiger partial charge >= 0.3 is 0 Å². The lowest BCUT2D eigenvalue weighted by Crippen LogP contribution is -2.29. The zero-order valence-electron chi connectivity index (χ0n) is 12.4. The SMILES string of the molecule is C=CCCC(O)CNC(C)c1cccc(-n2cccn2)c1. The van der Waals surface area contributed by atoms with Gasteiger partial charge in [0.1, 0.15) is 0 Å². The molecule has 0 amide bonds. The molecule has 112 valence electrons. The number of nitrogens with one attached hydrogen (secondary N) is 1. The first-order valence-corrected chi connectivity index (χ1v) is 7.33. The molecule has 2 N–H and O–H groups in total. The first-order chi connectivity index (χ1) is 10.2. The van der Waals surface area contributed by atoms with Gasteiger partial charge in [0.25, 0.3) is 0 Å². The average molecular weight is 285 g/mol. The summed E-state index contributed by atoms with van der Waals surface area (Å²) in [5.41, 5.74) is 2.22. The minimum absolute atomic E-state index is 0.180. The largest absolute Gasteiger partial charge is 0.392 e. The summed E-state index contributed by atoms with van der Waals surface area (Å²) >= 11 is 0. The van der Waals surface area contributed by atoms with Crippen LogP contribution in [0, 0.1) is 0 Å². The molecule has 2 rings (SSSR count). The topological polar surface area (TPSA) is 50.1 Å². The second-order valence-electron chi connectivity index (χ2n) is 5.20. The Morgan fingerprint density at radius 1 is 1.43 bits per heavy atom. The number of hydrogen-bond acceptors (Lipinski definition) is 3. The third kappa shape index (κ3) is 4.55. The van der Waals surface area contributed by atoms with Gasteiger partial charge in [-0.25, -0.2) is 4.68 Å². The predicted octanol–water partition coefficient (Wildman–Crippen LogP) is 2.85. The summed E-state index contributed by atoms with van der Waals surface area (Å²) in [6.45, 7) is 6.35. The normalized spacial score (nSPS) is 13.8. The second kappa shape index (κ2) is 7.76. The van der Waals surface area contributed by atoms with E-state index in [0.29, 0.717) is 6.54 Å². The van der Waals surface area contributed by atoms with Crippen molar-refractivity contribution >= 4 is 0 Å². The Morgan fingerprint density at radius 2 is 2.29 bits per heavy atom. The molecule has 2 atom stereocenters. The van der Waals surface area contributed by atoms with Crippen LogP contribution in [0.15, 0.2) is 55.4 Å². The van der Waals surface area contributed by atoms with Crippen molar-refractivity contribution in [3.8, 4) is 5.69 Å². The van der Waals surface area contributed by atoms with Crippen LogP contribution in [0.4, 0.5) is 0 Å². The number of allylic oxidation sites excluding steroid dienone is 1. The van der Waals surface area contributed by atoms with Gasteiger partial charge in [0.05, 0.1) is 11.8 Å². The van der Waals surface area contributed by atoms with Crippen LogP contribution >= 0.6 is 0 Å². The fourth-order valence-electron chi connectivity index (χ4n) is 2.20. The van der Waals surface area contributed by atoms with Gasteiger partial charge in [-0.1, -0.05) is 18.2 Å². The second-order valence-corrected chi connectivity index (χ2v) is 5.20. The van der Waals surface area contributed by atoms with Crippen LogP contribution in [0.3, 0.4) is 0 Å². The molecule has 0 saturated heterocycles. The molecule has 2 aromatic rings. The third-order valence-electron chi connectivity index (χ3n) is 3.50. The minimum atomic E-state index is -0.334. The molecule has 0 fully saturated rings. The Bertz CT molecular complexity index is 551. The zero-order valence-corrected chi connectivity index (χ0v) is 12.4. The molecule has 0 saturated carbocycles. The number of hydrogen-bond donors (Lipinski definition) is 2. The first kappa shape index (κ1) is 15.5. The number of aromatic nitrogens is 2. The smallest absolute Gasteiger partial charge is 0.0667 e.